The number of thiophene rings is 1. The van der Waals surface area contributed by atoms with Crippen LogP contribution in [-0.4, -0.2) is 48.8 Å². The summed E-state index contributed by atoms with van der Waals surface area (Å²) in [4.78, 5) is 18.4. The molecule has 154 valence electrons. The van der Waals surface area contributed by atoms with Crippen LogP contribution in [0.5, 0.6) is 0 Å². The molecule has 0 spiro atoms. The minimum atomic E-state index is -2.96. The number of rotatable bonds is 5. The second-order valence-electron chi connectivity index (χ2n) is 7.42. The molecule has 29 heavy (non-hydrogen) atoms. The first kappa shape index (κ1) is 20.4. The van der Waals surface area contributed by atoms with Crippen LogP contribution in [-0.2, 0) is 16.3 Å². The molecule has 2 aliphatic rings. The van der Waals surface area contributed by atoms with Crippen LogP contribution in [0.25, 0.3) is 0 Å². The Bertz CT molecular complexity index is 1080. The molecule has 3 heterocycles. The van der Waals surface area contributed by atoms with Gasteiger partial charge in [0.15, 0.2) is 15.0 Å². The molecule has 2 unspecified atom stereocenters. The van der Waals surface area contributed by atoms with Crippen LogP contribution in [0.15, 0.2) is 34.6 Å². The van der Waals surface area contributed by atoms with Crippen LogP contribution >= 0.6 is 23.1 Å². The zero-order chi connectivity index (χ0) is 20.6. The molecule has 9 heteroatoms. The first-order valence-corrected chi connectivity index (χ1v) is 13.0. The lowest BCUT2D eigenvalue weighted by Crippen LogP contribution is -2.25. The highest BCUT2D eigenvalue weighted by Gasteiger charge is 2.42. The van der Waals surface area contributed by atoms with Gasteiger partial charge in [-0.2, -0.15) is 0 Å². The summed E-state index contributed by atoms with van der Waals surface area (Å²) in [6, 6.07) is 7.48. The number of sulfone groups is 1. The molecule has 1 fully saturated rings. The second kappa shape index (κ2) is 8.12. The highest BCUT2D eigenvalue weighted by Crippen LogP contribution is 2.35. The number of benzene rings is 1. The van der Waals surface area contributed by atoms with Gasteiger partial charge in [0.1, 0.15) is 0 Å². The third-order valence-corrected chi connectivity index (χ3v) is 9.39. The minimum absolute atomic E-state index is 0.00463. The smallest absolute Gasteiger partial charge is 0.251 e. The van der Waals surface area contributed by atoms with Crippen LogP contribution in [0.2, 0.25) is 0 Å². The number of anilines is 1. The Hall–Kier alpha value is -1.84. The Morgan fingerprint density at radius 3 is 2.76 bits per heavy atom. The molecule has 2 aromatic rings. The summed E-state index contributed by atoms with van der Waals surface area (Å²) in [5.74, 6) is 0.203. The lowest BCUT2D eigenvalue weighted by molar-refractivity contribution is 0.0954. The van der Waals surface area contributed by atoms with Gasteiger partial charge in [-0.15, -0.1) is 11.3 Å². The predicted molar refractivity (Wildman–Crippen MR) is 121 cm³/mol. The Morgan fingerprint density at radius 1 is 1.21 bits per heavy atom. The van der Waals surface area contributed by atoms with E-state index in [1.54, 1.807) is 11.3 Å². The third kappa shape index (κ3) is 4.67. The number of aliphatic imine (C=N–C) groups is 1. The van der Waals surface area contributed by atoms with Crippen molar-refractivity contribution < 1.29 is 13.2 Å². The molecular weight excluding hydrogens is 426 g/mol. The minimum Gasteiger partial charge on any atom is -0.352 e. The molecule has 1 amide bonds. The maximum absolute atomic E-state index is 12.6. The molecule has 2 aliphatic heterocycles. The van der Waals surface area contributed by atoms with Crippen molar-refractivity contribution in [2.75, 3.05) is 23.4 Å². The van der Waals surface area contributed by atoms with Gasteiger partial charge < -0.3 is 10.6 Å². The van der Waals surface area contributed by atoms with E-state index in [1.165, 1.54) is 22.2 Å². The van der Waals surface area contributed by atoms with Crippen molar-refractivity contribution >= 4 is 49.7 Å². The predicted octanol–water partition coefficient (Wildman–Crippen LogP) is 3.02. The van der Waals surface area contributed by atoms with Crippen molar-refractivity contribution in [3.05, 3.63) is 51.2 Å². The maximum atomic E-state index is 12.6. The number of amidine groups is 1. The van der Waals surface area contributed by atoms with Gasteiger partial charge in [-0.3, -0.25) is 9.79 Å². The van der Waals surface area contributed by atoms with Gasteiger partial charge in [0.25, 0.3) is 5.91 Å². The van der Waals surface area contributed by atoms with E-state index in [4.69, 9.17) is 0 Å². The molecule has 0 aliphatic carbocycles. The molecule has 0 bridgehead atoms. The summed E-state index contributed by atoms with van der Waals surface area (Å²) in [7, 11) is -2.96. The van der Waals surface area contributed by atoms with Crippen molar-refractivity contribution in [3.63, 3.8) is 0 Å². The van der Waals surface area contributed by atoms with E-state index in [0.29, 0.717) is 12.1 Å². The number of amides is 1. The number of hydrogen-bond donors (Lipinski definition) is 2. The molecule has 1 saturated heterocycles. The van der Waals surface area contributed by atoms with E-state index in [1.807, 2.05) is 25.1 Å². The van der Waals surface area contributed by atoms with E-state index in [-0.39, 0.29) is 28.7 Å². The largest absolute Gasteiger partial charge is 0.352 e. The molecule has 4 rings (SSSR count). The van der Waals surface area contributed by atoms with Crippen molar-refractivity contribution in [1.82, 2.24) is 5.32 Å². The zero-order valence-electron chi connectivity index (χ0n) is 16.3. The van der Waals surface area contributed by atoms with Crippen molar-refractivity contribution in [2.45, 2.75) is 31.6 Å². The highest BCUT2D eigenvalue weighted by atomic mass is 32.2. The van der Waals surface area contributed by atoms with Gasteiger partial charge in [-0.05, 0) is 55.0 Å². The fourth-order valence-electron chi connectivity index (χ4n) is 3.48. The summed E-state index contributed by atoms with van der Waals surface area (Å²) in [6.45, 7) is 4.64. The Balaban J connectivity index is 1.39. The lowest BCUT2D eigenvalue weighted by Gasteiger charge is -2.12. The summed E-state index contributed by atoms with van der Waals surface area (Å²) in [5.41, 5.74) is 3.68. The molecule has 1 aromatic carbocycles. The van der Waals surface area contributed by atoms with Crippen LogP contribution in [0.4, 0.5) is 5.69 Å². The van der Waals surface area contributed by atoms with E-state index in [0.717, 1.165) is 22.8 Å². The fraction of sp³-hybridized carbons (Fsp3) is 0.400. The van der Waals surface area contributed by atoms with Crippen LogP contribution in [0.3, 0.4) is 0 Å². The van der Waals surface area contributed by atoms with Crippen molar-refractivity contribution in [1.29, 1.82) is 0 Å². The average molecular weight is 450 g/mol. The van der Waals surface area contributed by atoms with Gasteiger partial charge in [0, 0.05) is 27.9 Å². The topological polar surface area (TPSA) is 87.6 Å². The summed E-state index contributed by atoms with van der Waals surface area (Å²) >= 11 is 3.19. The van der Waals surface area contributed by atoms with Crippen LogP contribution in [0, 0.1) is 13.8 Å². The van der Waals surface area contributed by atoms with Gasteiger partial charge >= 0.3 is 0 Å². The Kier molecular flexibility index (Phi) is 5.72. The average Bonchev–Trinajstić information content (AvgIpc) is 3.29. The van der Waals surface area contributed by atoms with Crippen LogP contribution < -0.4 is 10.6 Å². The highest BCUT2D eigenvalue weighted by molar-refractivity contribution is 8.15. The third-order valence-electron chi connectivity index (χ3n) is 5.17. The van der Waals surface area contributed by atoms with E-state index < -0.39 is 9.84 Å². The second-order valence-corrected chi connectivity index (χ2v) is 11.8. The molecule has 0 saturated carbocycles. The standard InChI is InChI=1S/C20H23N3O3S3/c1-12-3-4-14(19(24)21-7-5-17-13(2)6-8-27-17)9-15(12)22-20-23-16-10-29(25,26)11-18(16)28-20/h3-4,6,8-9,16,18H,5,7,10-11H2,1-2H3,(H,21,24)(H,22,23). The first-order valence-electron chi connectivity index (χ1n) is 9.44. The fourth-order valence-corrected chi connectivity index (χ4v) is 8.06. The van der Waals surface area contributed by atoms with Crippen molar-refractivity contribution in [3.8, 4) is 0 Å². The van der Waals surface area contributed by atoms with E-state index in [9.17, 15) is 13.2 Å². The number of hydrogen-bond acceptors (Lipinski definition) is 7. The molecule has 1 aromatic heterocycles. The normalized spacial score (nSPS) is 22.2. The summed E-state index contributed by atoms with van der Waals surface area (Å²) in [5, 5.41) is 9.06. The number of carbonyl (C=O) groups excluding carboxylic acids is 1. The molecular formula is C20H23N3O3S3. The van der Waals surface area contributed by atoms with Crippen molar-refractivity contribution in [2.24, 2.45) is 4.99 Å². The summed E-state index contributed by atoms with van der Waals surface area (Å²) in [6.07, 6.45) is 0.825. The first-order chi connectivity index (χ1) is 13.8. The lowest BCUT2D eigenvalue weighted by atomic mass is 10.1. The monoisotopic (exact) mass is 449 g/mol. The molecule has 2 atom stereocenters. The molecule has 6 nitrogen and oxygen atoms in total. The zero-order valence-corrected chi connectivity index (χ0v) is 18.7. The number of carbonyl (C=O) groups is 1. The van der Waals surface area contributed by atoms with E-state index in [2.05, 4.69) is 34.0 Å². The van der Waals surface area contributed by atoms with E-state index >= 15 is 0 Å². The maximum Gasteiger partial charge on any atom is 0.251 e. The van der Waals surface area contributed by atoms with Gasteiger partial charge in [-0.1, -0.05) is 17.8 Å². The summed E-state index contributed by atoms with van der Waals surface area (Å²) < 4.78 is 23.4. The number of nitrogens with one attached hydrogen (secondary N) is 2. The SMILES string of the molecule is Cc1ccc(C(=O)NCCc2sccc2C)cc1NC1=NC2CS(=O)(=O)CC2S1. The Labute approximate surface area is 179 Å². The number of aryl methyl sites for hydroxylation is 2. The number of fused-ring (bicyclic) bond motifs is 1. The van der Waals surface area contributed by atoms with Gasteiger partial charge in [0.2, 0.25) is 0 Å². The van der Waals surface area contributed by atoms with Crippen LogP contribution in [0.1, 0.15) is 26.4 Å². The van der Waals surface area contributed by atoms with Gasteiger partial charge in [-0.25, -0.2) is 8.42 Å². The molecule has 2 N–H and O–H groups in total. The molecule has 0 radical (unpaired) electrons. The number of thioether (sulfide) groups is 1. The number of nitrogens with zero attached hydrogens (tertiary/aromatic N) is 1. The Morgan fingerprint density at radius 2 is 2.03 bits per heavy atom. The van der Waals surface area contributed by atoms with Gasteiger partial charge in [0.05, 0.1) is 17.5 Å². The quantitative estimate of drug-likeness (QED) is 0.733.